The van der Waals surface area contributed by atoms with Gasteiger partial charge < -0.3 is 19.1 Å². The fourth-order valence-electron chi connectivity index (χ4n) is 2.99. The number of carbonyl (C=O) groups is 1. The number of hydrogen-bond acceptors (Lipinski definition) is 6. The van der Waals surface area contributed by atoms with Gasteiger partial charge in [0, 0.05) is 24.7 Å². The largest absolute Gasteiger partial charge is 0.497 e. The molecule has 1 aromatic heterocycles. The molecule has 1 atom stereocenters. The van der Waals surface area contributed by atoms with Crippen LogP contribution in [0, 0.1) is 0 Å². The van der Waals surface area contributed by atoms with E-state index >= 15 is 0 Å². The topological polar surface area (TPSA) is 82.9 Å². The fourth-order valence-corrected chi connectivity index (χ4v) is 2.99. The molecular formula is C19H23N3O5. The van der Waals surface area contributed by atoms with Gasteiger partial charge in [-0.1, -0.05) is 0 Å². The van der Waals surface area contributed by atoms with Crippen LogP contribution in [-0.2, 0) is 9.53 Å². The first kappa shape index (κ1) is 18.9. The molecule has 0 saturated carbocycles. The summed E-state index contributed by atoms with van der Waals surface area (Å²) in [6.45, 7) is 3.70. The van der Waals surface area contributed by atoms with Crippen molar-refractivity contribution >= 4 is 5.91 Å². The molecule has 8 heteroatoms. The van der Waals surface area contributed by atoms with E-state index in [2.05, 4.69) is 5.10 Å². The molecule has 2 heterocycles. The van der Waals surface area contributed by atoms with Crippen molar-refractivity contribution in [3.8, 4) is 22.8 Å². The molecule has 27 heavy (non-hydrogen) atoms. The molecule has 1 aliphatic rings. The maximum absolute atomic E-state index is 12.8. The van der Waals surface area contributed by atoms with Crippen molar-refractivity contribution in [1.82, 2.24) is 14.7 Å². The Bertz CT molecular complexity index is 857. The fraction of sp³-hybridized carbons (Fsp3) is 0.421. The van der Waals surface area contributed by atoms with Gasteiger partial charge in [-0.25, -0.2) is 4.68 Å². The zero-order valence-corrected chi connectivity index (χ0v) is 15.7. The van der Waals surface area contributed by atoms with Crippen molar-refractivity contribution in [2.45, 2.75) is 13.0 Å². The van der Waals surface area contributed by atoms with E-state index in [0.29, 0.717) is 43.5 Å². The molecule has 144 valence electrons. The third-order valence-electron chi connectivity index (χ3n) is 4.55. The lowest BCUT2D eigenvalue weighted by molar-refractivity contribution is -0.138. The Morgan fingerprint density at radius 1 is 1.15 bits per heavy atom. The summed E-state index contributed by atoms with van der Waals surface area (Å²) in [5, 5.41) is 4.44. The normalized spacial score (nSPS) is 15.3. The monoisotopic (exact) mass is 373 g/mol. The first-order valence-electron chi connectivity index (χ1n) is 8.74. The maximum atomic E-state index is 12.8. The number of amides is 1. The first-order valence-corrected chi connectivity index (χ1v) is 8.74. The Morgan fingerprint density at radius 3 is 2.41 bits per heavy atom. The van der Waals surface area contributed by atoms with Crippen LogP contribution >= 0.6 is 0 Å². The predicted molar refractivity (Wildman–Crippen MR) is 99.1 cm³/mol. The highest BCUT2D eigenvalue weighted by Crippen LogP contribution is 2.28. The lowest BCUT2D eigenvalue weighted by atomic mass is 10.1. The van der Waals surface area contributed by atoms with E-state index in [0.717, 1.165) is 5.56 Å². The van der Waals surface area contributed by atoms with Crippen molar-refractivity contribution in [1.29, 1.82) is 0 Å². The van der Waals surface area contributed by atoms with Gasteiger partial charge in [-0.3, -0.25) is 9.59 Å². The van der Waals surface area contributed by atoms with E-state index in [-0.39, 0.29) is 5.91 Å². The minimum Gasteiger partial charge on any atom is -0.497 e. The maximum Gasteiger partial charge on any atom is 0.271 e. The van der Waals surface area contributed by atoms with E-state index in [4.69, 9.17) is 14.2 Å². The van der Waals surface area contributed by atoms with Crippen LogP contribution < -0.4 is 15.0 Å². The van der Waals surface area contributed by atoms with Gasteiger partial charge in [-0.05, 0) is 31.2 Å². The average Bonchev–Trinajstić information content (AvgIpc) is 2.73. The number of ether oxygens (including phenoxy) is 3. The Morgan fingerprint density at radius 2 is 1.81 bits per heavy atom. The van der Waals surface area contributed by atoms with Gasteiger partial charge in [-0.15, -0.1) is 0 Å². The summed E-state index contributed by atoms with van der Waals surface area (Å²) >= 11 is 0. The highest BCUT2D eigenvalue weighted by molar-refractivity contribution is 5.80. The molecule has 2 aromatic rings. The molecule has 1 fully saturated rings. The second-order valence-corrected chi connectivity index (χ2v) is 6.19. The Kier molecular flexibility index (Phi) is 5.75. The van der Waals surface area contributed by atoms with Crippen LogP contribution in [0.5, 0.6) is 11.5 Å². The Balaban J connectivity index is 1.97. The van der Waals surface area contributed by atoms with Gasteiger partial charge in [-0.2, -0.15) is 5.10 Å². The molecule has 1 saturated heterocycles. The molecule has 1 aromatic carbocycles. The molecule has 0 bridgehead atoms. The van der Waals surface area contributed by atoms with Gasteiger partial charge in [0.1, 0.15) is 17.5 Å². The van der Waals surface area contributed by atoms with Crippen LogP contribution in [0.1, 0.15) is 13.0 Å². The molecule has 0 radical (unpaired) electrons. The molecule has 8 nitrogen and oxygen atoms in total. The van der Waals surface area contributed by atoms with Crippen molar-refractivity contribution in [2.24, 2.45) is 0 Å². The summed E-state index contributed by atoms with van der Waals surface area (Å²) in [5.74, 6) is 0.910. The highest BCUT2D eigenvalue weighted by Gasteiger charge is 2.26. The van der Waals surface area contributed by atoms with Crippen LogP contribution in [0.3, 0.4) is 0 Å². The van der Waals surface area contributed by atoms with Crippen LogP contribution in [-0.4, -0.2) is 61.1 Å². The second kappa shape index (κ2) is 8.22. The molecule has 0 aliphatic carbocycles. The summed E-state index contributed by atoms with van der Waals surface area (Å²) in [5.41, 5.74) is 0.854. The third kappa shape index (κ3) is 3.95. The zero-order valence-electron chi connectivity index (χ0n) is 15.7. The van der Waals surface area contributed by atoms with Crippen LogP contribution in [0.15, 0.2) is 35.1 Å². The van der Waals surface area contributed by atoms with Crippen LogP contribution in [0.25, 0.3) is 11.3 Å². The van der Waals surface area contributed by atoms with Gasteiger partial charge in [0.2, 0.25) is 5.91 Å². The highest BCUT2D eigenvalue weighted by atomic mass is 16.5. The quantitative estimate of drug-likeness (QED) is 0.787. The number of nitrogens with zero attached hydrogens (tertiary/aromatic N) is 3. The van der Waals surface area contributed by atoms with Crippen molar-refractivity contribution in [3.05, 3.63) is 40.7 Å². The molecule has 3 rings (SSSR count). The summed E-state index contributed by atoms with van der Waals surface area (Å²) in [6.07, 6.45) is 0. The minimum absolute atomic E-state index is 0.154. The summed E-state index contributed by atoms with van der Waals surface area (Å²) in [6, 6.07) is 7.89. The molecular weight excluding hydrogens is 350 g/mol. The lowest BCUT2D eigenvalue weighted by Crippen LogP contribution is -2.45. The molecule has 0 N–H and O–H groups in total. The molecule has 1 aliphatic heterocycles. The van der Waals surface area contributed by atoms with Crippen molar-refractivity contribution in [2.75, 3.05) is 40.5 Å². The smallest absolute Gasteiger partial charge is 0.271 e. The Hall–Kier alpha value is -2.87. The number of carbonyl (C=O) groups excluding carboxylic acids is 1. The summed E-state index contributed by atoms with van der Waals surface area (Å²) in [7, 11) is 3.07. The lowest BCUT2D eigenvalue weighted by Gasteiger charge is -2.29. The number of aromatic nitrogens is 2. The number of morpholine rings is 1. The first-order chi connectivity index (χ1) is 13.0. The third-order valence-corrected chi connectivity index (χ3v) is 4.55. The van der Waals surface area contributed by atoms with Gasteiger partial charge in [0.25, 0.3) is 5.56 Å². The summed E-state index contributed by atoms with van der Waals surface area (Å²) in [4.78, 5) is 27.0. The van der Waals surface area contributed by atoms with Crippen molar-refractivity contribution < 1.29 is 19.0 Å². The standard InChI is InChI=1S/C19H23N3O5/c1-13(19(24)21-8-10-27-11-9-21)22-17(23)12-16(26-3)18(20-22)14-4-6-15(25-2)7-5-14/h4-7,12-13H,8-11H2,1-3H3. The van der Waals surface area contributed by atoms with Crippen molar-refractivity contribution in [3.63, 3.8) is 0 Å². The number of rotatable bonds is 5. The van der Waals surface area contributed by atoms with E-state index in [9.17, 15) is 9.59 Å². The second-order valence-electron chi connectivity index (χ2n) is 6.19. The van der Waals surface area contributed by atoms with Crippen LogP contribution in [0.2, 0.25) is 0 Å². The predicted octanol–water partition coefficient (Wildman–Crippen LogP) is 1.35. The number of methoxy groups -OCH3 is 2. The van der Waals surface area contributed by atoms with E-state index in [1.54, 1.807) is 31.1 Å². The van der Waals surface area contributed by atoms with Gasteiger partial charge in [0.05, 0.1) is 27.4 Å². The van der Waals surface area contributed by atoms with E-state index in [1.807, 2.05) is 12.1 Å². The Labute approximate surface area is 157 Å². The molecule has 1 amide bonds. The molecule has 1 unspecified atom stereocenters. The van der Waals surface area contributed by atoms with Crippen LogP contribution in [0.4, 0.5) is 0 Å². The SMILES string of the molecule is COc1ccc(-c2nn(C(C)C(=O)N3CCOCC3)c(=O)cc2OC)cc1. The van der Waals surface area contributed by atoms with Gasteiger partial charge >= 0.3 is 0 Å². The van der Waals surface area contributed by atoms with E-state index < -0.39 is 11.6 Å². The van der Waals surface area contributed by atoms with E-state index in [1.165, 1.54) is 17.9 Å². The number of benzene rings is 1. The number of hydrogen-bond donors (Lipinski definition) is 0. The summed E-state index contributed by atoms with van der Waals surface area (Å²) < 4.78 is 17.0. The molecule has 0 spiro atoms. The average molecular weight is 373 g/mol. The zero-order chi connectivity index (χ0) is 19.4. The van der Waals surface area contributed by atoms with Gasteiger partial charge in [0.15, 0.2) is 5.75 Å². The minimum atomic E-state index is -0.724.